The zero-order valence-electron chi connectivity index (χ0n) is 71.4. The number of benzene rings is 1. The summed E-state index contributed by atoms with van der Waals surface area (Å²) in [6.07, 6.45) is 29.7. The van der Waals surface area contributed by atoms with Gasteiger partial charge in [-0.1, -0.05) is 99.1 Å². The van der Waals surface area contributed by atoms with E-state index in [-0.39, 0.29) is 29.3 Å². The van der Waals surface area contributed by atoms with Crippen LogP contribution in [0.5, 0.6) is 5.88 Å². The molecule has 0 radical (unpaired) electrons. The number of ether oxygens (including phenoxy) is 3. The number of carbonyl (C=O) groups excluding carboxylic acids is 5. The van der Waals surface area contributed by atoms with Crippen LogP contribution in [0, 0.1) is 36.9 Å². The highest BCUT2D eigenvalue weighted by Crippen LogP contribution is 2.42. The number of hydrogen-bond acceptors (Lipinski definition) is 13. The van der Waals surface area contributed by atoms with Gasteiger partial charge in [-0.05, 0) is 251 Å². The number of aromatic nitrogens is 6. The number of Topliss-reactive ketones (excluding diaryl/α,β-unsaturated/α-hetero) is 5. The molecule has 0 unspecified atom stereocenters. The molecule has 4 aliphatic rings. The zero-order chi connectivity index (χ0) is 84.7. The molecule has 0 aliphatic heterocycles. The van der Waals surface area contributed by atoms with Crippen LogP contribution in [0.3, 0.4) is 0 Å². The summed E-state index contributed by atoms with van der Waals surface area (Å²) in [6, 6.07) is 19.8. The SMILES string of the molecule is CC(=O)CC1CC(C)(F)C1.CC(=O)CCC(C)(C)C.CC(=O)CCCOC(C)C.CCCCC(C)=O.CCc1c(C)cccc1F.CCc1ccc(C(F)(F)F)cn1.CCc1cnc2c(c1)C(F)=CC2.CCc1cnc2c(c1)C=CC2.CCc1cnc2c(ccn2C)c1.COC1CC(CC(C)=O)C1.COc1ccc(C)cn1. The Morgan fingerprint density at radius 1 is 0.634 bits per heavy atom. The number of allylic oxidation sites excluding steroid dienone is 2. The highest BCUT2D eigenvalue weighted by molar-refractivity contribution is 5.78. The number of fused-ring (bicyclic) bond motifs is 3. The van der Waals surface area contributed by atoms with Crippen LogP contribution in [0.2, 0.25) is 0 Å². The van der Waals surface area contributed by atoms with Crippen molar-refractivity contribution in [2.24, 2.45) is 24.3 Å². The maximum atomic E-state index is 13.1. The highest BCUT2D eigenvalue weighted by atomic mass is 19.4. The summed E-state index contributed by atoms with van der Waals surface area (Å²) in [4.78, 5) is 72.8. The fraction of sp³-hybridized carbons (Fsp3) is 0.543. The van der Waals surface area contributed by atoms with Gasteiger partial charge < -0.3 is 42.8 Å². The van der Waals surface area contributed by atoms with Crippen molar-refractivity contribution in [3.8, 4) is 5.88 Å². The quantitative estimate of drug-likeness (QED) is 0.0490. The van der Waals surface area contributed by atoms with Gasteiger partial charge >= 0.3 is 6.18 Å². The van der Waals surface area contributed by atoms with Crippen LogP contribution in [0.25, 0.3) is 22.9 Å². The summed E-state index contributed by atoms with van der Waals surface area (Å²) >= 11 is 0. The molecule has 6 heterocycles. The average Bonchev–Trinajstić information content (AvgIpc) is 1.81. The molecule has 14 nitrogen and oxygen atoms in total. The molecule has 7 aromatic rings. The molecule has 11 rings (SSSR count). The monoisotopic (exact) mass is 1560 g/mol. The molecule has 0 bridgehead atoms. The number of ketones is 5. The highest BCUT2D eigenvalue weighted by Gasteiger charge is 2.40. The van der Waals surface area contributed by atoms with Crippen LogP contribution in [-0.4, -0.2) is 97.1 Å². The first kappa shape index (κ1) is 102. The molecular formula is C92H132F6N6O8. The zero-order valence-corrected chi connectivity index (χ0v) is 71.4. The molecular weight excluding hydrogens is 1430 g/mol. The first-order valence-corrected chi connectivity index (χ1v) is 39.6. The van der Waals surface area contributed by atoms with Gasteiger partial charge in [0.2, 0.25) is 5.88 Å². The van der Waals surface area contributed by atoms with E-state index in [0.717, 1.165) is 136 Å². The van der Waals surface area contributed by atoms with Crippen LogP contribution in [0.4, 0.5) is 26.3 Å². The number of unbranched alkanes of at least 4 members (excludes halogenated alkanes) is 1. The lowest BCUT2D eigenvalue weighted by Gasteiger charge is -2.38. The maximum absolute atomic E-state index is 13.1. The number of pyridine rings is 5. The molecule has 1 aromatic carbocycles. The van der Waals surface area contributed by atoms with Crippen LogP contribution < -0.4 is 4.74 Å². The normalized spacial score (nSPS) is 15.6. The van der Waals surface area contributed by atoms with Crippen molar-refractivity contribution in [2.45, 2.75) is 284 Å². The van der Waals surface area contributed by atoms with E-state index in [9.17, 15) is 50.3 Å². The Morgan fingerprint density at radius 3 is 1.67 bits per heavy atom. The number of rotatable bonds is 21. The number of hydrogen-bond donors (Lipinski definition) is 0. The van der Waals surface area contributed by atoms with Gasteiger partial charge in [0.1, 0.15) is 51.9 Å². The van der Waals surface area contributed by atoms with E-state index in [1.54, 1.807) is 74.1 Å². The molecule has 0 spiro atoms. The minimum absolute atomic E-state index is 0.0810. The molecule has 112 heavy (non-hydrogen) atoms. The van der Waals surface area contributed by atoms with E-state index < -0.39 is 17.4 Å². The smallest absolute Gasteiger partial charge is 0.417 e. The standard InChI is InChI=1S/C10H10FN.C10H12N2.C10H11N.C9H11F.C8H8F3N.C8H13FO.C8H14O2.C8H16O2.C8H16O.C7H9NO.C6H12O/c1-2-7-5-8-9(11)3-4-10(8)12-6-7;1-3-8-6-9-4-5-12(2)10(9)11-7-8;1-2-8-6-9-4-3-5-10(9)11-7-8;1-3-8-7(2)5-4-6-9(8)10;1-2-7-4-3-6(5-12-7)8(9,10)11;1-6(10)3-7-4-8(2,9)5-7;1-6(9)3-7-4-8(5-7)10-2;1-7(2)10-6-4-5-8(3)9;1-7(9)5-6-8(2,3)4;1-6-3-4-7(9-2)8-5-6;1-3-4-5-6(2)7/h3,5-6H,2,4H2,1H3;4-7H,3H2,1-2H3;3-4,6-7H,2,5H2,1H3;4-6H,3H2,1-2H3;3-5H,2H2,1H3;7H,3-5H2,1-2H3;7-8H,3-5H2,1-2H3;7H,4-6H2,1-3H3;5-6H2,1-4H3;3-5H,1-2H3;3-5H2,1-2H3. The third-order valence-corrected chi connectivity index (χ3v) is 18.1. The molecule has 0 saturated heterocycles. The summed E-state index contributed by atoms with van der Waals surface area (Å²) in [5, 5.41) is 1.23. The third-order valence-electron chi connectivity index (χ3n) is 18.1. The van der Waals surface area contributed by atoms with Crippen molar-refractivity contribution in [1.29, 1.82) is 0 Å². The van der Waals surface area contributed by atoms with Gasteiger partial charge in [0.15, 0.2) is 0 Å². The number of nitrogens with zero attached hydrogens (tertiary/aromatic N) is 6. The van der Waals surface area contributed by atoms with Crippen LogP contribution >= 0.6 is 0 Å². The topological polar surface area (TPSA) is 182 Å². The van der Waals surface area contributed by atoms with Crippen LogP contribution in [0.15, 0.2) is 116 Å². The summed E-state index contributed by atoms with van der Waals surface area (Å²) in [6.45, 7) is 37.0. The van der Waals surface area contributed by atoms with Crippen LogP contribution in [0.1, 0.15) is 268 Å². The lowest BCUT2D eigenvalue weighted by molar-refractivity contribution is -0.138. The molecule has 2 fully saturated rings. The number of halogens is 6. The maximum Gasteiger partial charge on any atom is 0.417 e. The average molecular weight is 1560 g/mol. The second-order valence-corrected chi connectivity index (χ2v) is 30.5. The number of methoxy groups -OCH3 is 2. The number of aryl methyl sites for hydroxylation is 7. The van der Waals surface area contributed by atoms with Crippen molar-refractivity contribution in [1.82, 2.24) is 29.5 Å². The second-order valence-electron chi connectivity index (χ2n) is 30.5. The van der Waals surface area contributed by atoms with Gasteiger partial charge in [0.25, 0.3) is 0 Å². The third kappa shape index (κ3) is 44.8. The Labute approximate surface area is 666 Å². The lowest BCUT2D eigenvalue weighted by atomic mass is 9.71. The Bertz CT molecular complexity index is 3920. The lowest BCUT2D eigenvalue weighted by Crippen LogP contribution is -2.37. The van der Waals surface area contributed by atoms with Crippen LogP contribution in [-0.2, 0) is 91.6 Å². The van der Waals surface area contributed by atoms with E-state index in [1.807, 2.05) is 109 Å². The van der Waals surface area contributed by atoms with Gasteiger partial charge in [-0.3, -0.25) is 15.0 Å². The fourth-order valence-electron chi connectivity index (χ4n) is 11.4. The minimum Gasteiger partial charge on any atom is -0.481 e. The molecule has 0 atom stereocenters. The van der Waals surface area contributed by atoms with Gasteiger partial charge in [-0.25, -0.2) is 23.1 Å². The Balaban J connectivity index is 0.000000618. The van der Waals surface area contributed by atoms with Crippen molar-refractivity contribution < 1.29 is 64.5 Å². The molecule has 6 aromatic heterocycles. The minimum atomic E-state index is -4.28. The summed E-state index contributed by atoms with van der Waals surface area (Å²) in [7, 11) is 5.35. The summed E-state index contributed by atoms with van der Waals surface area (Å²) < 4.78 is 91.9. The van der Waals surface area contributed by atoms with E-state index >= 15 is 0 Å². The molecule has 4 aliphatic carbocycles. The van der Waals surface area contributed by atoms with E-state index in [1.165, 1.54) is 39.9 Å². The Morgan fingerprint density at radius 2 is 1.21 bits per heavy atom. The first-order chi connectivity index (χ1) is 52.7. The molecule has 2 saturated carbocycles. The van der Waals surface area contributed by atoms with Crippen molar-refractivity contribution in [3.05, 3.63) is 189 Å². The number of carbonyl (C=O) groups is 5. The second kappa shape index (κ2) is 54.4. The van der Waals surface area contributed by atoms with E-state index in [0.29, 0.717) is 103 Å². The Hall–Kier alpha value is -8.36. The van der Waals surface area contributed by atoms with E-state index in [4.69, 9.17) is 14.2 Å². The number of alkyl halides is 4. The van der Waals surface area contributed by atoms with Crippen molar-refractivity contribution >= 4 is 51.9 Å². The molecule has 0 N–H and O–H groups in total. The fourth-order valence-corrected chi connectivity index (χ4v) is 11.4. The van der Waals surface area contributed by atoms with Gasteiger partial charge in [-0.15, -0.1) is 0 Å². The predicted octanol–water partition coefficient (Wildman–Crippen LogP) is 23.1. The first-order valence-electron chi connectivity index (χ1n) is 39.6. The molecule has 20 heteroatoms. The van der Waals surface area contributed by atoms with Crippen molar-refractivity contribution in [3.63, 3.8) is 0 Å². The Kier molecular flexibility index (Phi) is 49.4. The molecule has 620 valence electrons. The summed E-state index contributed by atoms with van der Waals surface area (Å²) in [5.74, 6) is 2.74. The van der Waals surface area contributed by atoms with Gasteiger partial charge in [0, 0.05) is 126 Å². The van der Waals surface area contributed by atoms with Gasteiger partial charge in [-0.2, -0.15) is 13.2 Å². The van der Waals surface area contributed by atoms with Gasteiger partial charge in [0.05, 0.1) is 36.3 Å². The molecule has 0 amide bonds. The predicted molar refractivity (Wildman–Crippen MR) is 444 cm³/mol. The van der Waals surface area contributed by atoms with Crippen molar-refractivity contribution in [2.75, 3.05) is 20.8 Å². The summed E-state index contributed by atoms with van der Waals surface area (Å²) in [5.41, 5.74) is 11.2. The largest absolute Gasteiger partial charge is 0.481 e. The van der Waals surface area contributed by atoms with E-state index in [2.05, 4.69) is 96.8 Å².